The highest BCUT2D eigenvalue weighted by molar-refractivity contribution is 5.91. The summed E-state index contributed by atoms with van der Waals surface area (Å²) < 4.78 is 10.6. The Morgan fingerprint density at radius 1 is 0.935 bits per heavy atom. The molecule has 0 bridgehead atoms. The van der Waals surface area contributed by atoms with E-state index in [0.717, 1.165) is 44.9 Å². The fourth-order valence-corrected chi connectivity index (χ4v) is 7.98. The van der Waals surface area contributed by atoms with Crippen molar-refractivity contribution in [1.29, 1.82) is 0 Å². The Morgan fingerprint density at radius 3 is 2.35 bits per heavy atom. The highest BCUT2D eigenvalue weighted by Crippen LogP contribution is 2.66. The number of hydrogen-bond acceptors (Lipinski definition) is 6. The summed E-state index contributed by atoms with van der Waals surface area (Å²) in [6.07, 6.45) is 7.65. The molecule has 0 aromatic heterocycles. The Morgan fingerprint density at radius 2 is 1.68 bits per heavy atom. The van der Waals surface area contributed by atoms with Crippen LogP contribution in [0.3, 0.4) is 0 Å². The molecule has 6 nitrogen and oxygen atoms in total. The third-order valence-electron chi connectivity index (χ3n) is 9.67. The van der Waals surface area contributed by atoms with Crippen molar-refractivity contribution in [1.82, 2.24) is 0 Å². The minimum atomic E-state index is -1.19. The number of fused-ring (bicyclic) bond motifs is 5. The zero-order valence-corrected chi connectivity index (χ0v) is 19.3. The summed E-state index contributed by atoms with van der Waals surface area (Å²) in [7, 11) is 0. The number of ketones is 2. The molecule has 4 rings (SSSR count). The van der Waals surface area contributed by atoms with E-state index >= 15 is 0 Å². The molecule has 4 saturated carbocycles. The lowest BCUT2D eigenvalue weighted by Crippen LogP contribution is -2.59. The lowest BCUT2D eigenvalue weighted by molar-refractivity contribution is -0.189. The Balaban J connectivity index is 1.56. The number of Topliss-reactive ketones (excluding diaryl/α,β-unsaturated/α-hetero) is 2. The maximum Gasteiger partial charge on any atom is 0.303 e. The predicted molar refractivity (Wildman–Crippen MR) is 113 cm³/mol. The van der Waals surface area contributed by atoms with Crippen molar-refractivity contribution in [2.45, 2.75) is 91.1 Å². The zero-order valence-electron chi connectivity index (χ0n) is 19.3. The van der Waals surface area contributed by atoms with Crippen LogP contribution in [0.15, 0.2) is 0 Å². The SMILES string of the molecule is CC(=O)OCC(=O)[C@@]1(OC(C)=O)CC[C@]2(C)[C@H](CC[C@H]3[C@H]4CCC(=O)[C@]4(C)CC[C@@H]32)C1. The van der Waals surface area contributed by atoms with Gasteiger partial charge in [-0.1, -0.05) is 13.8 Å². The summed E-state index contributed by atoms with van der Waals surface area (Å²) in [6.45, 7) is 6.82. The van der Waals surface area contributed by atoms with Crippen molar-refractivity contribution >= 4 is 23.5 Å². The van der Waals surface area contributed by atoms with Gasteiger partial charge in [0.15, 0.2) is 12.2 Å². The van der Waals surface area contributed by atoms with Gasteiger partial charge in [0, 0.05) is 25.7 Å². The fourth-order valence-electron chi connectivity index (χ4n) is 7.98. The van der Waals surface area contributed by atoms with Crippen LogP contribution in [0.25, 0.3) is 0 Å². The Bertz CT molecular complexity index is 804. The molecule has 0 aromatic carbocycles. The molecule has 4 aliphatic carbocycles. The summed E-state index contributed by atoms with van der Waals surface area (Å²) >= 11 is 0. The second-order valence-electron chi connectivity index (χ2n) is 11.1. The van der Waals surface area contributed by atoms with Gasteiger partial charge in [-0.15, -0.1) is 0 Å². The average Bonchev–Trinajstić information content (AvgIpc) is 3.01. The Kier molecular flexibility index (Phi) is 5.58. The van der Waals surface area contributed by atoms with Gasteiger partial charge >= 0.3 is 11.9 Å². The molecule has 0 unspecified atom stereocenters. The molecule has 0 spiro atoms. The third-order valence-corrected chi connectivity index (χ3v) is 9.67. The molecule has 0 N–H and O–H groups in total. The summed E-state index contributed by atoms with van der Waals surface area (Å²) in [5.41, 5.74) is -1.24. The van der Waals surface area contributed by atoms with Gasteiger partial charge in [0.05, 0.1) is 0 Å². The van der Waals surface area contributed by atoms with Crippen molar-refractivity contribution in [3.05, 3.63) is 0 Å². The van der Waals surface area contributed by atoms with Gasteiger partial charge in [-0.25, -0.2) is 0 Å². The molecule has 0 aliphatic heterocycles. The quantitative estimate of drug-likeness (QED) is 0.623. The van der Waals surface area contributed by atoms with Crippen LogP contribution in [-0.4, -0.2) is 35.7 Å². The van der Waals surface area contributed by atoms with Crippen molar-refractivity contribution in [3.8, 4) is 0 Å². The van der Waals surface area contributed by atoms with Crippen molar-refractivity contribution in [2.75, 3.05) is 6.61 Å². The lowest BCUT2D eigenvalue weighted by Gasteiger charge is -2.61. The highest BCUT2D eigenvalue weighted by Gasteiger charge is 2.62. The summed E-state index contributed by atoms with van der Waals surface area (Å²) in [5.74, 6) is 1.07. The Hall–Kier alpha value is -1.72. The van der Waals surface area contributed by atoms with E-state index in [4.69, 9.17) is 9.47 Å². The van der Waals surface area contributed by atoms with Gasteiger partial charge in [-0.2, -0.15) is 0 Å². The molecule has 4 aliphatic rings. The first kappa shape index (κ1) is 22.5. The van der Waals surface area contributed by atoms with Gasteiger partial charge in [0.2, 0.25) is 5.78 Å². The number of carbonyl (C=O) groups excluding carboxylic acids is 4. The van der Waals surface area contributed by atoms with Gasteiger partial charge in [-0.3, -0.25) is 19.2 Å². The van der Waals surface area contributed by atoms with Crippen molar-refractivity contribution < 1.29 is 28.7 Å². The van der Waals surface area contributed by atoms with E-state index in [1.54, 1.807) is 0 Å². The monoisotopic (exact) mass is 432 g/mol. The van der Waals surface area contributed by atoms with E-state index in [0.29, 0.717) is 36.4 Å². The van der Waals surface area contributed by atoms with E-state index < -0.39 is 17.5 Å². The molecule has 0 radical (unpaired) electrons. The zero-order chi connectivity index (χ0) is 22.6. The standard InChI is InChI=1S/C25H36O6/c1-15(26)30-14-22(29)25(31-16(2)27)12-11-23(3)17(13-25)5-6-18-19-7-8-21(28)24(19,4)10-9-20(18)23/h17-20H,5-14H2,1-4H3/t17-,18+,19-,20+,23-,24-,25-/m1/s1. The predicted octanol–water partition coefficient (Wildman–Crippen LogP) is 4.03. The van der Waals surface area contributed by atoms with E-state index in [1.807, 2.05) is 0 Å². The number of esters is 2. The number of rotatable bonds is 4. The van der Waals surface area contributed by atoms with E-state index in [9.17, 15) is 19.2 Å². The summed E-state index contributed by atoms with van der Waals surface area (Å²) in [5, 5.41) is 0. The van der Waals surface area contributed by atoms with Gasteiger partial charge in [-0.05, 0) is 80.5 Å². The van der Waals surface area contributed by atoms with E-state index in [-0.39, 0.29) is 29.1 Å². The second-order valence-corrected chi connectivity index (χ2v) is 11.1. The first-order valence-electron chi connectivity index (χ1n) is 11.9. The molecule has 0 aromatic rings. The van der Waals surface area contributed by atoms with Gasteiger partial charge in [0.1, 0.15) is 5.78 Å². The van der Waals surface area contributed by atoms with Crippen LogP contribution >= 0.6 is 0 Å². The van der Waals surface area contributed by atoms with Gasteiger partial charge < -0.3 is 9.47 Å². The number of ether oxygens (including phenoxy) is 2. The molecular formula is C25H36O6. The topological polar surface area (TPSA) is 86.7 Å². The number of hydrogen-bond donors (Lipinski definition) is 0. The highest BCUT2D eigenvalue weighted by atomic mass is 16.6. The van der Waals surface area contributed by atoms with Crippen LogP contribution in [0.2, 0.25) is 0 Å². The Labute approximate surface area is 184 Å². The molecule has 0 heterocycles. The smallest absolute Gasteiger partial charge is 0.303 e. The minimum absolute atomic E-state index is 0.0846. The normalized spacial score (nSPS) is 43.9. The van der Waals surface area contributed by atoms with E-state index in [1.165, 1.54) is 13.8 Å². The molecule has 0 saturated heterocycles. The third kappa shape index (κ3) is 3.54. The summed E-state index contributed by atoms with van der Waals surface area (Å²) in [6, 6.07) is 0. The van der Waals surface area contributed by atoms with Crippen molar-refractivity contribution in [2.24, 2.45) is 34.5 Å². The molecule has 6 heteroatoms. The van der Waals surface area contributed by atoms with Crippen LogP contribution in [0.1, 0.15) is 85.5 Å². The van der Waals surface area contributed by atoms with Gasteiger partial charge in [0.25, 0.3) is 0 Å². The first-order valence-corrected chi connectivity index (χ1v) is 11.9. The average molecular weight is 433 g/mol. The van der Waals surface area contributed by atoms with Crippen LogP contribution in [0, 0.1) is 34.5 Å². The van der Waals surface area contributed by atoms with Crippen LogP contribution in [0.5, 0.6) is 0 Å². The van der Waals surface area contributed by atoms with Crippen LogP contribution < -0.4 is 0 Å². The minimum Gasteiger partial charge on any atom is -0.458 e. The van der Waals surface area contributed by atoms with Crippen molar-refractivity contribution in [3.63, 3.8) is 0 Å². The summed E-state index contributed by atoms with van der Waals surface area (Å²) in [4.78, 5) is 48.8. The first-order chi connectivity index (χ1) is 14.5. The lowest BCUT2D eigenvalue weighted by atomic mass is 9.44. The van der Waals surface area contributed by atoms with E-state index in [2.05, 4.69) is 13.8 Å². The molecule has 4 fully saturated rings. The fraction of sp³-hybridized carbons (Fsp3) is 0.840. The second kappa shape index (κ2) is 7.70. The molecule has 7 atom stereocenters. The molecule has 0 amide bonds. The van der Waals surface area contributed by atoms with Crippen LogP contribution in [-0.2, 0) is 28.7 Å². The molecule has 172 valence electrons. The maximum absolute atomic E-state index is 13.1. The number of carbonyl (C=O) groups is 4. The van der Waals surface area contributed by atoms with Crippen LogP contribution in [0.4, 0.5) is 0 Å². The maximum atomic E-state index is 13.1. The molecular weight excluding hydrogens is 396 g/mol. The molecule has 31 heavy (non-hydrogen) atoms. The largest absolute Gasteiger partial charge is 0.458 e.